The molecule has 0 aromatic heterocycles. The minimum Gasteiger partial charge on any atom is -0.371 e. The molecule has 1 aromatic rings. The fourth-order valence-electron chi connectivity index (χ4n) is 2.43. The second-order valence-electron chi connectivity index (χ2n) is 4.64. The van der Waals surface area contributed by atoms with E-state index >= 15 is 0 Å². The van der Waals surface area contributed by atoms with Crippen LogP contribution < -0.4 is 10.2 Å². The third kappa shape index (κ3) is 2.07. The van der Waals surface area contributed by atoms with E-state index in [4.69, 9.17) is 0 Å². The van der Waals surface area contributed by atoms with Gasteiger partial charge in [0.15, 0.2) is 0 Å². The number of nitrogens with one attached hydrogen (secondary N) is 1. The van der Waals surface area contributed by atoms with Crippen molar-refractivity contribution in [2.24, 2.45) is 0 Å². The van der Waals surface area contributed by atoms with E-state index in [0.29, 0.717) is 6.04 Å². The highest BCUT2D eigenvalue weighted by molar-refractivity contribution is 5.59. The van der Waals surface area contributed by atoms with Crippen LogP contribution in [0.1, 0.15) is 37.4 Å². The first kappa shape index (κ1) is 11.5. The molecule has 2 rings (SSSR count). The van der Waals surface area contributed by atoms with E-state index < -0.39 is 0 Å². The number of nitrogens with zero attached hydrogens (tertiary/aromatic N) is 1. The Kier molecular flexibility index (Phi) is 3.49. The third-order valence-corrected chi connectivity index (χ3v) is 3.52. The summed E-state index contributed by atoms with van der Waals surface area (Å²) in [5.74, 6) is 0. The normalized spacial score (nSPS) is 16.3. The predicted molar refractivity (Wildman–Crippen MR) is 70.1 cm³/mol. The Hall–Kier alpha value is -1.02. The Balaban J connectivity index is 2.22. The Morgan fingerprint density at radius 1 is 1.44 bits per heavy atom. The van der Waals surface area contributed by atoms with Crippen molar-refractivity contribution in [3.8, 4) is 0 Å². The molecule has 1 N–H and O–H groups in total. The number of hydrogen-bond donors (Lipinski definition) is 1. The van der Waals surface area contributed by atoms with Crippen molar-refractivity contribution in [2.45, 2.75) is 32.7 Å². The SMILES string of the molecule is CCCN1CCc2cc(C(C)NC)ccc21. The molecule has 0 fully saturated rings. The Morgan fingerprint density at radius 3 is 2.94 bits per heavy atom. The smallest absolute Gasteiger partial charge is 0.0399 e. The quantitative estimate of drug-likeness (QED) is 0.836. The molecule has 1 aliphatic heterocycles. The molecule has 0 saturated carbocycles. The summed E-state index contributed by atoms with van der Waals surface area (Å²) in [6, 6.07) is 7.37. The van der Waals surface area contributed by atoms with Gasteiger partial charge < -0.3 is 10.2 Å². The molecule has 0 spiro atoms. The van der Waals surface area contributed by atoms with Crippen molar-refractivity contribution in [1.82, 2.24) is 5.32 Å². The molecule has 1 aliphatic rings. The van der Waals surface area contributed by atoms with Crippen LogP contribution in [0.2, 0.25) is 0 Å². The summed E-state index contributed by atoms with van der Waals surface area (Å²) in [6.07, 6.45) is 2.44. The van der Waals surface area contributed by atoms with E-state index in [0.717, 1.165) is 0 Å². The lowest BCUT2D eigenvalue weighted by Gasteiger charge is -2.19. The van der Waals surface area contributed by atoms with E-state index in [1.54, 1.807) is 0 Å². The zero-order valence-electron chi connectivity index (χ0n) is 10.6. The summed E-state index contributed by atoms with van der Waals surface area (Å²) in [7, 11) is 2.02. The maximum absolute atomic E-state index is 3.30. The third-order valence-electron chi connectivity index (χ3n) is 3.52. The highest BCUT2D eigenvalue weighted by atomic mass is 15.1. The Bertz CT molecular complexity index is 360. The minimum absolute atomic E-state index is 0.450. The molecule has 88 valence electrons. The van der Waals surface area contributed by atoms with Gasteiger partial charge in [-0.05, 0) is 44.0 Å². The van der Waals surface area contributed by atoms with Gasteiger partial charge in [0, 0.05) is 24.8 Å². The van der Waals surface area contributed by atoms with Crippen LogP contribution in [0.4, 0.5) is 5.69 Å². The molecule has 0 aliphatic carbocycles. The molecule has 2 heteroatoms. The van der Waals surface area contributed by atoms with Crippen LogP contribution in [0.25, 0.3) is 0 Å². The highest BCUT2D eigenvalue weighted by Crippen LogP contribution is 2.30. The highest BCUT2D eigenvalue weighted by Gasteiger charge is 2.18. The summed E-state index contributed by atoms with van der Waals surface area (Å²) >= 11 is 0. The molecule has 1 unspecified atom stereocenters. The van der Waals surface area contributed by atoms with Gasteiger partial charge in [-0.2, -0.15) is 0 Å². The van der Waals surface area contributed by atoms with Gasteiger partial charge in [-0.3, -0.25) is 0 Å². The molecule has 0 bridgehead atoms. The van der Waals surface area contributed by atoms with Gasteiger partial charge in [-0.15, -0.1) is 0 Å². The number of fused-ring (bicyclic) bond motifs is 1. The standard InChI is InChI=1S/C14H22N2/c1-4-8-16-9-7-13-10-12(11(2)15-3)5-6-14(13)16/h5-6,10-11,15H,4,7-9H2,1-3H3. The first-order chi connectivity index (χ1) is 7.76. The van der Waals surface area contributed by atoms with Crippen LogP contribution in [0.5, 0.6) is 0 Å². The Morgan fingerprint density at radius 2 is 2.25 bits per heavy atom. The van der Waals surface area contributed by atoms with Crippen LogP contribution in [-0.2, 0) is 6.42 Å². The molecule has 16 heavy (non-hydrogen) atoms. The first-order valence-electron chi connectivity index (χ1n) is 6.31. The van der Waals surface area contributed by atoms with Crippen LogP contribution in [0, 0.1) is 0 Å². The monoisotopic (exact) mass is 218 g/mol. The summed E-state index contributed by atoms with van der Waals surface area (Å²) in [6.45, 7) is 6.84. The van der Waals surface area contributed by atoms with Crippen molar-refractivity contribution in [1.29, 1.82) is 0 Å². The zero-order valence-corrected chi connectivity index (χ0v) is 10.6. The van der Waals surface area contributed by atoms with E-state index in [1.165, 1.54) is 42.7 Å². The van der Waals surface area contributed by atoms with E-state index in [9.17, 15) is 0 Å². The van der Waals surface area contributed by atoms with Crippen molar-refractivity contribution < 1.29 is 0 Å². The molecular formula is C14H22N2. The molecule has 2 nitrogen and oxygen atoms in total. The number of rotatable bonds is 4. The lowest BCUT2D eigenvalue weighted by atomic mass is 10.0. The topological polar surface area (TPSA) is 15.3 Å². The zero-order chi connectivity index (χ0) is 11.5. The maximum Gasteiger partial charge on any atom is 0.0399 e. The van der Waals surface area contributed by atoms with E-state index in [1.807, 2.05) is 7.05 Å². The minimum atomic E-state index is 0.450. The van der Waals surface area contributed by atoms with E-state index in [-0.39, 0.29) is 0 Å². The molecule has 1 heterocycles. The molecule has 0 amide bonds. The van der Waals surface area contributed by atoms with Gasteiger partial charge in [0.05, 0.1) is 0 Å². The molecule has 1 aromatic carbocycles. The number of hydrogen-bond acceptors (Lipinski definition) is 2. The van der Waals surface area contributed by atoms with Crippen molar-refractivity contribution in [3.05, 3.63) is 29.3 Å². The van der Waals surface area contributed by atoms with Gasteiger partial charge in [0.25, 0.3) is 0 Å². The van der Waals surface area contributed by atoms with Crippen molar-refractivity contribution >= 4 is 5.69 Å². The fourth-order valence-corrected chi connectivity index (χ4v) is 2.43. The second-order valence-corrected chi connectivity index (χ2v) is 4.64. The van der Waals surface area contributed by atoms with Crippen LogP contribution in [-0.4, -0.2) is 20.1 Å². The molecule has 1 atom stereocenters. The van der Waals surface area contributed by atoms with Gasteiger partial charge in [0.2, 0.25) is 0 Å². The van der Waals surface area contributed by atoms with Gasteiger partial charge >= 0.3 is 0 Å². The van der Waals surface area contributed by atoms with Crippen molar-refractivity contribution in [3.63, 3.8) is 0 Å². The summed E-state index contributed by atoms with van der Waals surface area (Å²) in [4.78, 5) is 2.50. The van der Waals surface area contributed by atoms with Crippen LogP contribution >= 0.6 is 0 Å². The summed E-state index contributed by atoms with van der Waals surface area (Å²) < 4.78 is 0. The molecular weight excluding hydrogens is 196 g/mol. The fraction of sp³-hybridized carbons (Fsp3) is 0.571. The first-order valence-corrected chi connectivity index (χ1v) is 6.31. The van der Waals surface area contributed by atoms with Crippen molar-refractivity contribution in [2.75, 3.05) is 25.0 Å². The van der Waals surface area contributed by atoms with Gasteiger partial charge in [-0.1, -0.05) is 19.1 Å². The van der Waals surface area contributed by atoms with Gasteiger partial charge in [-0.25, -0.2) is 0 Å². The van der Waals surface area contributed by atoms with E-state index in [2.05, 4.69) is 42.3 Å². The van der Waals surface area contributed by atoms with Crippen LogP contribution in [0.3, 0.4) is 0 Å². The van der Waals surface area contributed by atoms with Crippen LogP contribution in [0.15, 0.2) is 18.2 Å². The molecule has 0 radical (unpaired) electrons. The largest absolute Gasteiger partial charge is 0.371 e. The lowest BCUT2D eigenvalue weighted by molar-refractivity contribution is 0.652. The summed E-state index contributed by atoms with van der Waals surface area (Å²) in [5.41, 5.74) is 4.38. The maximum atomic E-state index is 3.30. The number of benzene rings is 1. The lowest BCUT2D eigenvalue weighted by Crippen LogP contribution is -2.20. The molecule has 0 saturated heterocycles. The summed E-state index contributed by atoms with van der Waals surface area (Å²) in [5, 5.41) is 3.30. The number of anilines is 1. The predicted octanol–water partition coefficient (Wildman–Crippen LogP) is 2.74. The van der Waals surface area contributed by atoms with Gasteiger partial charge in [0.1, 0.15) is 0 Å². The Labute approximate surface area is 98.7 Å². The average molecular weight is 218 g/mol. The second kappa shape index (κ2) is 4.88. The average Bonchev–Trinajstić information content (AvgIpc) is 2.71.